The highest BCUT2D eigenvalue weighted by Crippen LogP contribution is 2.27. The molecule has 0 unspecified atom stereocenters. The lowest BCUT2D eigenvalue weighted by molar-refractivity contribution is -0.216. The van der Waals surface area contributed by atoms with Gasteiger partial charge in [-0.25, -0.2) is 4.90 Å². The molecule has 0 radical (unpaired) electrons. The Morgan fingerprint density at radius 1 is 1.22 bits per heavy atom. The monoisotopic (exact) mass is 129 g/mol. The van der Waals surface area contributed by atoms with Crippen molar-refractivity contribution in [2.75, 3.05) is 26.3 Å². The van der Waals surface area contributed by atoms with Crippen LogP contribution < -0.4 is 0 Å². The predicted octanol–water partition coefficient (Wildman–Crippen LogP) is 0.0225. The molecule has 0 N–H and O–H groups in total. The minimum Gasteiger partial charge on any atom is -0.336 e. The Morgan fingerprint density at radius 2 is 1.78 bits per heavy atom. The molecule has 3 nitrogen and oxygen atoms in total. The van der Waals surface area contributed by atoms with Crippen LogP contribution in [0.2, 0.25) is 0 Å². The summed E-state index contributed by atoms with van der Waals surface area (Å²) in [5.41, 5.74) is 0. The summed E-state index contributed by atoms with van der Waals surface area (Å²) in [6.45, 7) is 5.66. The highest BCUT2D eigenvalue weighted by Gasteiger charge is 2.42. The summed E-state index contributed by atoms with van der Waals surface area (Å²) in [6, 6.07) is 0. The molecular weight excluding hydrogens is 118 g/mol. The summed E-state index contributed by atoms with van der Waals surface area (Å²) in [5.74, 6) is -0.361. The highest BCUT2D eigenvalue weighted by atomic mass is 16.7. The largest absolute Gasteiger partial charge is 0.336 e. The van der Waals surface area contributed by atoms with Gasteiger partial charge < -0.3 is 9.47 Å². The molecule has 0 aromatic heterocycles. The van der Waals surface area contributed by atoms with Gasteiger partial charge in [-0.1, -0.05) is 0 Å². The van der Waals surface area contributed by atoms with Gasteiger partial charge in [-0.15, -0.1) is 0 Å². The number of hydrogen-bond acceptors (Lipinski definition) is 3. The zero-order valence-corrected chi connectivity index (χ0v) is 5.59. The van der Waals surface area contributed by atoms with Crippen LogP contribution in [0.3, 0.4) is 0 Å². The second-order valence-electron chi connectivity index (χ2n) is 2.58. The fourth-order valence-electron chi connectivity index (χ4n) is 1.43. The van der Waals surface area contributed by atoms with Gasteiger partial charge >= 0.3 is 0 Å². The molecule has 2 fully saturated rings. The van der Waals surface area contributed by atoms with Crippen LogP contribution in [0, 0.1) is 0 Å². The van der Waals surface area contributed by atoms with Crippen molar-refractivity contribution < 1.29 is 9.47 Å². The van der Waals surface area contributed by atoms with Gasteiger partial charge in [0.25, 0.3) is 0 Å². The Labute approximate surface area is 54.5 Å². The average molecular weight is 129 g/mol. The first-order chi connectivity index (χ1) is 4.31. The summed E-state index contributed by atoms with van der Waals surface area (Å²) in [4.78, 5) is 2.22. The van der Waals surface area contributed by atoms with E-state index in [-0.39, 0.29) is 5.91 Å². The minimum absolute atomic E-state index is 0.361. The van der Waals surface area contributed by atoms with E-state index in [1.165, 1.54) is 0 Å². The topological polar surface area (TPSA) is 21.7 Å². The van der Waals surface area contributed by atoms with Gasteiger partial charge in [0.05, 0.1) is 13.2 Å². The molecule has 2 aliphatic heterocycles. The molecule has 0 amide bonds. The van der Waals surface area contributed by atoms with E-state index < -0.39 is 0 Å². The number of nitrogens with zero attached hydrogens (tertiary/aromatic N) is 1. The van der Waals surface area contributed by atoms with Crippen molar-refractivity contribution in [1.29, 1.82) is 0 Å². The van der Waals surface area contributed by atoms with E-state index in [4.69, 9.17) is 9.47 Å². The van der Waals surface area contributed by atoms with Gasteiger partial charge in [-0.2, -0.15) is 0 Å². The second kappa shape index (κ2) is 1.68. The molecule has 3 heteroatoms. The van der Waals surface area contributed by atoms with Crippen molar-refractivity contribution in [1.82, 2.24) is 4.90 Å². The molecule has 2 heterocycles. The van der Waals surface area contributed by atoms with Gasteiger partial charge in [0, 0.05) is 20.0 Å². The maximum atomic E-state index is 5.37. The average Bonchev–Trinajstić information content (AvgIpc) is 2.22. The molecule has 0 bridgehead atoms. The quantitative estimate of drug-likeness (QED) is 0.460. The van der Waals surface area contributed by atoms with E-state index in [1.807, 2.05) is 6.92 Å². The van der Waals surface area contributed by atoms with Crippen LogP contribution in [0.5, 0.6) is 0 Å². The lowest BCUT2D eigenvalue weighted by Gasteiger charge is -2.23. The van der Waals surface area contributed by atoms with Gasteiger partial charge in [0.1, 0.15) is 0 Å². The summed E-state index contributed by atoms with van der Waals surface area (Å²) < 4.78 is 10.7. The summed E-state index contributed by atoms with van der Waals surface area (Å²) in [6.07, 6.45) is 0. The fourth-order valence-corrected chi connectivity index (χ4v) is 1.43. The number of ether oxygens (including phenoxy) is 2. The van der Waals surface area contributed by atoms with Gasteiger partial charge in [0.2, 0.25) is 5.91 Å². The third kappa shape index (κ3) is 0.689. The van der Waals surface area contributed by atoms with Gasteiger partial charge in [-0.05, 0) is 0 Å². The Hall–Kier alpha value is -0.120. The van der Waals surface area contributed by atoms with Gasteiger partial charge in [-0.3, -0.25) is 0 Å². The fraction of sp³-hybridized carbons (Fsp3) is 1.00. The molecule has 2 aliphatic rings. The Balaban J connectivity index is 2.17. The number of rotatable bonds is 0. The van der Waals surface area contributed by atoms with Crippen LogP contribution in [0.25, 0.3) is 0 Å². The zero-order valence-electron chi connectivity index (χ0n) is 5.59. The van der Waals surface area contributed by atoms with Crippen LogP contribution in [0.1, 0.15) is 6.92 Å². The SMILES string of the molecule is CC12OCCN1CCO2. The van der Waals surface area contributed by atoms with E-state index in [2.05, 4.69) is 4.90 Å². The third-order valence-corrected chi connectivity index (χ3v) is 2.04. The van der Waals surface area contributed by atoms with Crippen LogP contribution >= 0.6 is 0 Å². The lowest BCUT2D eigenvalue weighted by atomic mass is 10.5. The van der Waals surface area contributed by atoms with Crippen molar-refractivity contribution in [3.8, 4) is 0 Å². The van der Waals surface area contributed by atoms with Crippen LogP contribution in [0.15, 0.2) is 0 Å². The van der Waals surface area contributed by atoms with E-state index in [1.54, 1.807) is 0 Å². The summed E-state index contributed by atoms with van der Waals surface area (Å²) in [7, 11) is 0. The molecule has 52 valence electrons. The van der Waals surface area contributed by atoms with Crippen molar-refractivity contribution in [3.63, 3.8) is 0 Å². The standard InChI is InChI=1S/C6H11NO2/c1-6-7(2-4-8-6)3-5-9-6/h2-5H2,1H3. The van der Waals surface area contributed by atoms with Crippen LogP contribution in [0.4, 0.5) is 0 Å². The van der Waals surface area contributed by atoms with Crippen molar-refractivity contribution >= 4 is 0 Å². The maximum Gasteiger partial charge on any atom is 0.227 e. The number of hydrogen-bond donors (Lipinski definition) is 0. The second-order valence-corrected chi connectivity index (χ2v) is 2.58. The summed E-state index contributed by atoms with van der Waals surface area (Å²) in [5, 5.41) is 0. The molecule has 9 heavy (non-hydrogen) atoms. The molecule has 2 rings (SSSR count). The Kier molecular flexibility index (Phi) is 1.06. The predicted molar refractivity (Wildman–Crippen MR) is 31.9 cm³/mol. The molecule has 0 spiro atoms. The number of fused-ring (bicyclic) bond motifs is 1. The Morgan fingerprint density at radius 3 is 2.22 bits per heavy atom. The van der Waals surface area contributed by atoms with Crippen molar-refractivity contribution in [2.24, 2.45) is 0 Å². The maximum absolute atomic E-state index is 5.37. The molecule has 2 saturated heterocycles. The first-order valence-electron chi connectivity index (χ1n) is 3.34. The normalized spacial score (nSPS) is 33.0. The molecule has 0 atom stereocenters. The molecule has 0 aromatic rings. The van der Waals surface area contributed by atoms with E-state index in [0.717, 1.165) is 26.3 Å². The summed E-state index contributed by atoms with van der Waals surface area (Å²) >= 11 is 0. The van der Waals surface area contributed by atoms with Crippen LogP contribution in [-0.2, 0) is 9.47 Å². The van der Waals surface area contributed by atoms with E-state index in [9.17, 15) is 0 Å². The van der Waals surface area contributed by atoms with Crippen LogP contribution in [-0.4, -0.2) is 37.1 Å². The highest BCUT2D eigenvalue weighted by molar-refractivity contribution is 4.78. The first-order valence-corrected chi connectivity index (χ1v) is 3.34. The third-order valence-electron chi connectivity index (χ3n) is 2.04. The van der Waals surface area contributed by atoms with Gasteiger partial charge in [0.15, 0.2) is 0 Å². The molecule has 0 aliphatic carbocycles. The van der Waals surface area contributed by atoms with Crippen molar-refractivity contribution in [2.45, 2.75) is 12.8 Å². The Bertz CT molecular complexity index is 116. The smallest absolute Gasteiger partial charge is 0.227 e. The molecule has 0 saturated carbocycles. The zero-order chi connectivity index (χ0) is 6.32. The molecular formula is C6H11NO2. The van der Waals surface area contributed by atoms with Crippen molar-refractivity contribution in [3.05, 3.63) is 0 Å². The first kappa shape index (κ1) is 5.65. The lowest BCUT2D eigenvalue weighted by Crippen LogP contribution is -2.36. The minimum atomic E-state index is -0.361. The van der Waals surface area contributed by atoms with E-state index in [0.29, 0.717) is 0 Å². The molecule has 0 aromatic carbocycles. The van der Waals surface area contributed by atoms with E-state index >= 15 is 0 Å².